The van der Waals surface area contributed by atoms with E-state index < -0.39 is 12.0 Å². The molecule has 8 heteroatoms. The Hall–Kier alpha value is -0.890. The van der Waals surface area contributed by atoms with Crippen LogP contribution in [0.3, 0.4) is 0 Å². The minimum absolute atomic E-state index is 0.192. The van der Waals surface area contributed by atoms with Crippen molar-refractivity contribution in [1.82, 2.24) is 9.36 Å². The lowest BCUT2D eigenvalue weighted by molar-refractivity contribution is -0.144. The second-order valence-electron chi connectivity index (χ2n) is 4.32. The summed E-state index contributed by atoms with van der Waals surface area (Å²) in [4.78, 5) is 5.53. The lowest BCUT2D eigenvalue weighted by atomic mass is 10.0. The van der Waals surface area contributed by atoms with Gasteiger partial charge in [-0.15, -0.1) is 0 Å². The van der Waals surface area contributed by atoms with Gasteiger partial charge >= 0.3 is 6.18 Å². The molecule has 0 aliphatic carbocycles. The Morgan fingerprint density at radius 3 is 2.78 bits per heavy atom. The van der Waals surface area contributed by atoms with Gasteiger partial charge in [0.05, 0.1) is 0 Å². The van der Waals surface area contributed by atoms with Gasteiger partial charge in [0.25, 0.3) is 0 Å². The van der Waals surface area contributed by atoms with E-state index in [0.717, 1.165) is 43.8 Å². The van der Waals surface area contributed by atoms with Crippen LogP contribution < -0.4 is 10.6 Å². The van der Waals surface area contributed by atoms with Crippen molar-refractivity contribution in [2.45, 2.75) is 37.9 Å². The summed E-state index contributed by atoms with van der Waals surface area (Å²) in [6.07, 6.45) is -0.666. The van der Waals surface area contributed by atoms with Crippen molar-refractivity contribution in [3.8, 4) is 0 Å². The second kappa shape index (κ2) is 5.40. The van der Waals surface area contributed by atoms with Gasteiger partial charge in [-0.3, -0.25) is 0 Å². The third kappa shape index (κ3) is 2.92. The van der Waals surface area contributed by atoms with Gasteiger partial charge in [-0.05, 0) is 32.2 Å². The average Bonchev–Trinajstić information content (AvgIpc) is 2.79. The lowest BCUT2D eigenvalue weighted by Crippen LogP contribution is -2.40. The Bertz CT molecular complexity index is 391. The third-order valence-corrected chi connectivity index (χ3v) is 3.79. The van der Waals surface area contributed by atoms with E-state index in [2.05, 4.69) is 9.36 Å². The summed E-state index contributed by atoms with van der Waals surface area (Å²) >= 11 is 0.817. The molecule has 1 saturated heterocycles. The molecule has 0 radical (unpaired) electrons. The molecular weight excluding hydrogens is 265 g/mol. The first-order valence-electron chi connectivity index (χ1n) is 5.90. The largest absolute Gasteiger partial charge is 0.452 e. The summed E-state index contributed by atoms with van der Waals surface area (Å²) < 4.78 is 40.8. The highest BCUT2D eigenvalue weighted by Gasteiger charge is 2.37. The van der Waals surface area contributed by atoms with Crippen molar-refractivity contribution in [2.75, 3.05) is 18.0 Å². The minimum atomic E-state index is -4.46. The van der Waals surface area contributed by atoms with E-state index in [1.165, 1.54) is 0 Å². The quantitative estimate of drug-likeness (QED) is 0.922. The Morgan fingerprint density at radius 1 is 1.39 bits per heavy atom. The predicted molar refractivity (Wildman–Crippen MR) is 63.6 cm³/mol. The maximum Gasteiger partial charge on any atom is 0.452 e. The van der Waals surface area contributed by atoms with Gasteiger partial charge in [0.1, 0.15) is 0 Å². The zero-order chi connectivity index (χ0) is 13.2. The van der Waals surface area contributed by atoms with Crippen LogP contribution in [0, 0.1) is 0 Å². The first kappa shape index (κ1) is 13.5. The average molecular weight is 280 g/mol. The smallest absolute Gasteiger partial charge is 0.344 e. The van der Waals surface area contributed by atoms with Crippen molar-refractivity contribution in [3.05, 3.63) is 5.82 Å². The topological polar surface area (TPSA) is 55.0 Å². The fourth-order valence-corrected chi connectivity index (χ4v) is 2.98. The number of aromatic nitrogens is 2. The molecule has 0 spiro atoms. The summed E-state index contributed by atoms with van der Waals surface area (Å²) in [7, 11) is 0. The highest BCUT2D eigenvalue weighted by Crippen LogP contribution is 2.33. The highest BCUT2D eigenvalue weighted by molar-refractivity contribution is 7.09. The number of nitrogens with zero attached hydrogens (tertiary/aromatic N) is 3. The third-order valence-electron chi connectivity index (χ3n) is 3.04. The number of anilines is 1. The van der Waals surface area contributed by atoms with Crippen molar-refractivity contribution in [2.24, 2.45) is 5.73 Å². The number of nitrogens with two attached hydrogens (primary N) is 1. The van der Waals surface area contributed by atoms with Crippen LogP contribution in [0.2, 0.25) is 0 Å². The summed E-state index contributed by atoms with van der Waals surface area (Å²) in [5, 5.41) is 0.362. The first-order valence-corrected chi connectivity index (χ1v) is 6.67. The van der Waals surface area contributed by atoms with Crippen molar-refractivity contribution in [1.29, 1.82) is 0 Å². The van der Waals surface area contributed by atoms with E-state index in [1.54, 1.807) is 0 Å². The fourth-order valence-electron chi connectivity index (χ4n) is 2.19. The van der Waals surface area contributed by atoms with E-state index in [0.29, 0.717) is 11.7 Å². The van der Waals surface area contributed by atoms with Gasteiger partial charge in [0.2, 0.25) is 11.0 Å². The van der Waals surface area contributed by atoms with Gasteiger partial charge in [-0.2, -0.15) is 22.5 Å². The van der Waals surface area contributed by atoms with Crippen LogP contribution in [0.15, 0.2) is 0 Å². The number of piperidine rings is 1. The molecule has 102 valence electrons. The molecule has 4 nitrogen and oxygen atoms in total. The maximum absolute atomic E-state index is 12.5. The molecule has 0 bridgehead atoms. The summed E-state index contributed by atoms with van der Waals surface area (Å²) in [6.45, 7) is 1.27. The van der Waals surface area contributed by atoms with Gasteiger partial charge < -0.3 is 10.6 Å². The molecule has 0 aromatic carbocycles. The van der Waals surface area contributed by atoms with Gasteiger partial charge in [0.15, 0.2) is 0 Å². The van der Waals surface area contributed by atoms with Crippen LogP contribution in [-0.4, -0.2) is 28.5 Å². The molecule has 18 heavy (non-hydrogen) atoms. The van der Waals surface area contributed by atoms with Crippen molar-refractivity contribution in [3.63, 3.8) is 0 Å². The van der Waals surface area contributed by atoms with E-state index in [9.17, 15) is 13.2 Å². The number of hydrogen-bond donors (Lipinski definition) is 1. The second-order valence-corrected chi connectivity index (χ2v) is 5.05. The maximum atomic E-state index is 12.5. The van der Waals surface area contributed by atoms with E-state index >= 15 is 0 Å². The monoisotopic (exact) mass is 280 g/mol. The Labute approximate surface area is 107 Å². The molecule has 2 N–H and O–H groups in total. The van der Waals surface area contributed by atoms with Crippen LogP contribution in [-0.2, 0) is 6.18 Å². The van der Waals surface area contributed by atoms with Gasteiger partial charge in [-0.25, -0.2) is 0 Å². The van der Waals surface area contributed by atoms with Gasteiger partial charge in [0, 0.05) is 24.1 Å². The predicted octanol–water partition coefficient (Wildman–Crippen LogP) is 2.26. The van der Waals surface area contributed by atoms with Crippen molar-refractivity contribution < 1.29 is 13.2 Å². The number of alkyl halides is 3. The number of hydrogen-bond acceptors (Lipinski definition) is 5. The highest BCUT2D eigenvalue weighted by atomic mass is 32.1. The molecule has 0 amide bonds. The Morgan fingerprint density at radius 2 is 2.17 bits per heavy atom. The number of halogens is 3. The zero-order valence-corrected chi connectivity index (χ0v) is 10.6. The molecule has 1 atom stereocenters. The Kier molecular flexibility index (Phi) is 4.06. The lowest BCUT2D eigenvalue weighted by Gasteiger charge is -2.35. The molecule has 1 unspecified atom stereocenters. The van der Waals surface area contributed by atoms with Crippen LogP contribution in [0.4, 0.5) is 18.3 Å². The molecule has 1 aromatic rings. The molecule has 1 fully saturated rings. The van der Waals surface area contributed by atoms with Crippen LogP contribution >= 0.6 is 11.5 Å². The fraction of sp³-hybridized carbons (Fsp3) is 0.800. The standard InChI is InChI=1S/C10H15F3N4S/c11-10(12,13)8-15-9(18-16-8)17-6-2-1-3-7(17)4-5-14/h7H,1-6,14H2. The van der Waals surface area contributed by atoms with Crippen molar-refractivity contribution >= 4 is 16.7 Å². The SMILES string of the molecule is NCCC1CCCCN1c1nc(C(F)(F)F)ns1. The van der Waals surface area contributed by atoms with E-state index in [1.807, 2.05) is 4.90 Å². The molecule has 1 aliphatic heterocycles. The van der Waals surface area contributed by atoms with E-state index in [-0.39, 0.29) is 6.04 Å². The molecule has 2 rings (SSSR count). The molecule has 1 aliphatic rings. The molecular formula is C10H15F3N4S. The minimum Gasteiger partial charge on any atom is -0.344 e. The van der Waals surface area contributed by atoms with Crippen LogP contribution in [0.25, 0.3) is 0 Å². The summed E-state index contributed by atoms with van der Waals surface area (Å²) in [5.41, 5.74) is 5.53. The summed E-state index contributed by atoms with van der Waals surface area (Å²) in [6, 6.07) is 0.192. The normalized spacial score (nSPS) is 21.3. The van der Waals surface area contributed by atoms with Crippen LogP contribution in [0.5, 0.6) is 0 Å². The van der Waals surface area contributed by atoms with Crippen LogP contribution in [0.1, 0.15) is 31.5 Å². The molecule has 0 saturated carbocycles. The molecule has 1 aromatic heterocycles. The first-order chi connectivity index (χ1) is 8.52. The van der Waals surface area contributed by atoms with Gasteiger partial charge in [-0.1, -0.05) is 0 Å². The number of rotatable bonds is 3. The Balaban J connectivity index is 2.15. The molecule has 2 heterocycles. The summed E-state index contributed by atoms with van der Waals surface area (Å²) in [5.74, 6) is -1.04. The zero-order valence-electron chi connectivity index (χ0n) is 9.78. The van der Waals surface area contributed by atoms with E-state index in [4.69, 9.17) is 5.73 Å².